The molecule has 0 saturated heterocycles. The van der Waals surface area contributed by atoms with Crippen molar-refractivity contribution in [3.05, 3.63) is 82.7 Å². The third-order valence-corrected chi connectivity index (χ3v) is 4.80. The summed E-state index contributed by atoms with van der Waals surface area (Å²) in [5.74, 6) is 1.16. The minimum absolute atomic E-state index is 0.418. The zero-order chi connectivity index (χ0) is 19.7. The van der Waals surface area contributed by atoms with E-state index in [1.165, 1.54) is 11.6 Å². The normalized spacial score (nSPS) is 10.8. The molecule has 0 atom stereocenters. The van der Waals surface area contributed by atoms with Crippen molar-refractivity contribution in [1.82, 2.24) is 0 Å². The number of ether oxygens (including phenoxy) is 2. The van der Waals surface area contributed by atoms with Crippen LogP contribution in [-0.2, 0) is 0 Å². The molecule has 0 amide bonds. The first-order chi connectivity index (χ1) is 13.6. The molecule has 4 rings (SSSR count). The molecule has 0 aliphatic carbocycles. The number of hydrogen-bond donors (Lipinski definition) is 0. The summed E-state index contributed by atoms with van der Waals surface area (Å²) in [4.78, 5) is 12.2. The van der Waals surface area contributed by atoms with E-state index in [2.05, 4.69) is 43.3 Å². The lowest BCUT2D eigenvalue weighted by molar-refractivity contribution is 0.396. The highest BCUT2D eigenvalue weighted by Gasteiger charge is 2.15. The molecule has 0 saturated carbocycles. The molecule has 140 valence electrons. The van der Waals surface area contributed by atoms with E-state index in [-0.39, 0.29) is 0 Å². The van der Waals surface area contributed by atoms with Gasteiger partial charge in [-0.3, -0.25) is 0 Å². The van der Waals surface area contributed by atoms with Crippen LogP contribution >= 0.6 is 0 Å². The predicted octanol–water partition coefficient (Wildman–Crippen LogP) is 5.45. The summed E-state index contributed by atoms with van der Waals surface area (Å²) >= 11 is 0. The summed E-state index contributed by atoms with van der Waals surface area (Å²) in [7, 11) is 3.15. The van der Waals surface area contributed by atoms with Crippen molar-refractivity contribution in [3.8, 4) is 33.8 Å². The Morgan fingerprint density at radius 2 is 1.54 bits per heavy atom. The van der Waals surface area contributed by atoms with Crippen molar-refractivity contribution in [2.75, 3.05) is 14.2 Å². The standard InChI is InChI=1S/C24H20O4/c1-15-7-9-16(10-8-15)17-5-4-6-18(11-17)20-14-23(25)28-22-13-19(26-2)12-21(27-3)24(20)22/h4-14H,1-3H3. The lowest BCUT2D eigenvalue weighted by atomic mass is 9.96. The molecule has 0 unspecified atom stereocenters. The largest absolute Gasteiger partial charge is 0.496 e. The topological polar surface area (TPSA) is 48.7 Å². The zero-order valence-corrected chi connectivity index (χ0v) is 16.0. The molecule has 4 nitrogen and oxygen atoms in total. The van der Waals surface area contributed by atoms with Crippen molar-refractivity contribution in [3.63, 3.8) is 0 Å². The maximum absolute atomic E-state index is 12.2. The van der Waals surface area contributed by atoms with Crippen LogP contribution in [0.15, 0.2) is 75.9 Å². The third-order valence-electron chi connectivity index (χ3n) is 4.80. The fourth-order valence-electron chi connectivity index (χ4n) is 3.36. The van der Waals surface area contributed by atoms with E-state index in [1.54, 1.807) is 26.4 Å². The van der Waals surface area contributed by atoms with Gasteiger partial charge in [0.25, 0.3) is 0 Å². The third kappa shape index (κ3) is 3.25. The Morgan fingerprint density at radius 3 is 2.25 bits per heavy atom. The Labute approximate surface area is 163 Å². The van der Waals surface area contributed by atoms with E-state index in [0.29, 0.717) is 17.1 Å². The second-order valence-corrected chi connectivity index (χ2v) is 6.63. The van der Waals surface area contributed by atoms with Crippen molar-refractivity contribution in [2.24, 2.45) is 0 Å². The summed E-state index contributed by atoms with van der Waals surface area (Å²) in [6, 6.07) is 21.5. The molecule has 1 aromatic heterocycles. The number of hydrogen-bond acceptors (Lipinski definition) is 4. The molecule has 4 aromatic rings. The van der Waals surface area contributed by atoms with E-state index in [0.717, 1.165) is 27.6 Å². The summed E-state index contributed by atoms with van der Waals surface area (Å²) in [5, 5.41) is 0.740. The van der Waals surface area contributed by atoms with Gasteiger partial charge >= 0.3 is 5.63 Å². The van der Waals surface area contributed by atoms with Gasteiger partial charge in [-0.2, -0.15) is 0 Å². The molecule has 0 N–H and O–H groups in total. The molecule has 0 bridgehead atoms. The summed E-state index contributed by atoms with van der Waals surface area (Å²) < 4.78 is 16.3. The number of methoxy groups -OCH3 is 2. The zero-order valence-electron chi connectivity index (χ0n) is 16.0. The van der Waals surface area contributed by atoms with Crippen LogP contribution in [0.5, 0.6) is 11.5 Å². The Balaban J connectivity index is 1.95. The van der Waals surface area contributed by atoms with Crippen LogP contribution in [0, 0.1) is 6.92 Å². The number of benzene rings is 3. The molecule has 28 heavy (non-hydrogen) atoms. The smallest absolute Gasteiger partial charge is 0.336 e. The maximum atomic E-state index is 12.2. The van der Waals surface area contributed by atoms with Crippen molar-refractivity contribution < 1.29 is 13.9 Å². The first-order valence-electron chi connectivity index (χ1n) is 8.96. The summed E-state index contributed by atoms with van der Waals surface area (Å²) in [5.41, 5.74) is 5.10. The van der Waals surface area contributed by atoms with Crippen molar-refractivity contribution >= 4 is 11.0 Å². The van der Waals surface area contributed by atoms with Crippen LogP contribution < -0.4 is 15.1 Å². The molecular formula is C24H20O4. The molecular weight excluding hydrogens is 352 g/mol. The van der Waals surface area contributed by atoms with Crippen LogP contribution in [0.1, 0.15) is 5.56 Å². The molecule has 0 aliphatic heterocycles. The second kappa shape index (κ2) is 7.24. The van der Waals surface area contributed by atoms with Gasteiger partial charge in [-0.25, -0.2) is 4.79 Å². The fraction of sp³-hybridized carbons (Fsp3) is 0.125. The van der Waals surface area contributed by atoms with Crippen molar-refractivity contribution in [1.29, 1.82) is 0 Å². The maximum Gasteiger partial charge on any atom is 0.336 e. The Hall–Kier alpha value is -3.53. The van der Waals surface area contributed by atoms with Crippen LogP contribution in [0.3, 0.4) is 0 Å². The van der Waals surface area contributed by atoms with Gasteiger partial charge in [-0.1, -0.05) is 48.0 Å². The minimum atomic E-state index is -0.418. The predicted molar refractivity (Wildman–Crippen MR) is 111 cm³/mol. The Bertz CT molecular complexity index is 1200. The number of rotatable bonds is 4. The van der Waals surface area contributed by atoms with Gasteiger partial charge in [-0.15, -0.1) is 0 Å². The second-order valence-electron chi connectivity index (χ2n) is 6.63. The lowest BCUT2D eigenvalue weighted by Gasteiger charge is -2.12. The van der Waals surface area contributed by atoms with Crippen LogP contribution in [0.2, 0.25) is 0 Å². The van der Waals surface area contributed by atoms with E-state index >= 15 is 0 Å². The Kier molecular flexibility index (Phi) is 4.62. The molecule has 1 heterocycles. The van der Waals surface area contributed by atoms with Gasteiger partial charge in [0.05, 0.1) is 19.6 Å². The first kappa shape index (κ1) is 17.9. The summed E-state index contributed by atoms with van der Waals surface area (Å²) in [6.07, 6.45) is 0. The number of aryl methyl sites for hydroxylation is 1. The van der Waals surface area contributed by atoms with E-state index in [4.69, 9.17) is 13.9 Å². The lowest BCUT2D eigenvalue weighted by Crippen LogP contribution is -2.00. The molecule has 0 fully saturated rings. The molecule has 0 aliphatic rings. The van der Waals surface area contributed by atoms with Crippen LogP contribution in [0.4, 0.5) is 0 Å². The fourth-order valence-corrected chi connectivity index (χ4v) is 3.36. The highest BCUT2D eigenvalue weighted by molar-refractivity contribution is 5.99. The van der Waals surface area contributed by atoms with Crippen LogP contribution in [-0.4, -0.2) is 14.2 Å². The van der Waals surface area contributed by atoms with E-state index in [1.807, 2.05) is 12.1 Å². The van der Waals surface area contributed by atoms with Gasteiger partial charge < -0.3 is 13.9 Å². The first-order valence-corrected chi connectivity index (χ1v) is 8.96. The molecule has 0 radical (unpaired) electrons. The average Bonchev–Trinajstić information content (AvgIpc) is 2.72. The van der Waals surface area contributed by atoms with Gasteiger partial charge in [0.15, 0.2) is 0 Å². The van der Waals surface area contributed by atoms with Gasteiger partial charge in [0.2, 0.25) is 0 Å². The van der Waals surface area contributed by atoms with Crippen LogP contribution in [0.25, 0.3) is 33.2 Å². The molecule has 4 heteroatoms. The van der Waals surface area contributed by atoms with Crippen molar-refractivity contribution in [2.45, 2.75) is 6.92 Å². The highest BCUT2D eigenvalue weighted by atomic mass is 16.5. The minimum Gasteiger partial charge on any atom is -0.496 e. The summed E-state index contributed by atoms with van der Waals surface area (Å²) in [6.45, 7) is 2.07. The highest BCUT2D eigenvalue weighted by Crippen LogP contribution is 2.38. The average molecular weight is 372 g/mol. The van der Waals surface area contributed by atoms with E-state index < -0.39 is 5.63 Å². The SMILES string of the molecule is COc1cc(OC)c2c(-c3cccc(-c4ccc(C)cc4)c3)cc(=O)oc2c1. The molecule has 3 aromatic carbocycles. The van der Waals surface area contributed by atoms with Gasteiger partial charge in [0, 0.05) is 23.8 Å². The molecule has 0 spiro atoms. The Morgan fingerprint density at radius 1 is 0.786 bits per heavy atom. The van der Waals surface area contributed by atoms with E-state index in [9.17, 15) is 4.79 Å². The quantitative estimate of drug-likeness (QED) is 0.447. The van der Waals surface area contributed by atoms with Gasteiger partial charge in [-0.05, 0) is 29.7 Å². The van der Waals surface area contributed by atoms with Gasteiger partial charge in [0.1, 0.15) is 17.1 Å². The monoisotopic (exact) mass is 372 g/mol. The number of fused-ring (bicyclic) bond motifs is 1.